The van der Waals surface area contributed by atoms with Crippen molar-refractivity contribution in [2.75, 3.05) is 30.0 Å². The summed E-state index contributed by atoms with van der Waals surface area (Å²) in [5, 5.41) is 2.80. The molecule has 2 aromatic rings. The number of carbonyl (C=O) groups is 1. The number of hydrogen-bond acceptors (Lipinski definition) is 5. The third-order valence-electron chi connectivity index (χ3n) is 3.99. The standard InChI is InChI=1S/C19H24N2O5S/c1-13-6-11-18(25-4)17(12-13)20-19(22)14(2)26-16-9-7-15(8-10-16)21(3)27(5,23)24/h6-12,14H,1-5H3,(H,20,22)/t14-/m0/s1. The first-order valence-corrected chi connectivity index (χ1v) is 10.1. The Morgan fingerprint density at radius 3 is 2.33 bits per heavy atom. The maximum absolute atomic E-state index is 12.4. The topological polar surface area (TPSA) is 84.9 Å². The predicted molar refractivity (Wildman–Crippen MR) is 106 cm³/mol. The summed E-state index contributed by atoms with van der Waals surface area (Å²) in [7, 11) is -0.328. The predicted octanol–water partition coefficient (Wildman–Crippen LogP) is 2.81. The van der Waals surface area contributed by atoms with Gasteiger partial charge in [-0.15, -0.1) is 0 Å². The summed E-state index contributed by atoms with van der Waals surface area (Å²) in [6.07, 6.45) is 0.373. The number of hydrogen-bond donors (Lipinski definition) is 1. The molecule has 0 aromatic heterocycles. The summed E-state index contributed by atoms with van der Waals surface area (Å²) in [6.45, 7) is 3.55. The van der Waals surface area contributed by atoms with E-state index in [1.165, 1.54) is 14.2 Å². The molecule has 27 heavy (non-hydrogen) atoms. The van der Waals surface area contributed by atoms with E-state index in [-0.39, 0.29) is 5.91 Å². The van der Waals surface area contributed by atoms with E-state index in [0.717, 1.165) is 16.1 Å². The van der Waals surface area contributed by atoms with E-state index >= 15 is 0 Å². The van der Waals surface area contributed by atoms with Crippen LogP contribution in [0.4, 0.5) is 11.4 Å². The van der Waals surface area contributed by atoms with Gasteiger partial charge in [-0.25, -0.2) is 8.42 Å². The smallest absolute Gasteiger partial charge is 0.265 e. The molecule has 1 N–H and O–H groups in total. The van der Waals surface area contributed by atoms with Crippen LogP contribution < -0.4 is 19.1 Å². The molecule has 0 fully saturated rings. The number of carbonyl (C=O) groups excluding carboxylic acids is 1. The van der Waals surface area contributed by atoms with Gasteiger partial charge in [-0.1, -0.05) is 6.07 Å². The minimum absolute atomic E-state index is 0.323. The van der Waals surface area contributed by atoms with E-state index in [1.807, 2.05) is 19.1 Å². The summed E-state index contributed by atoms with van der Waals surface area (Å²) >= 11 is 0. The van der Waals surface area contributed by atoms with Crippen molar-refractivity contribution < 1.29 is 22.7 Å². The second kappa shape index (κ2) is 8.30. The highest BCUT2D eigenvalue weighted by Crippen LogP contribution is 2.26. The van der Waals surface area contributed by atoms with Gasteiger partial charge in [-0.2, -0.15) is 0 Å². The van der Waals surface area contributed by atoms with Crippen LogP contribution in [0.1, 0.15) is 12.5 Å². The van der Waals surface area contributed by atoms with Gasteiger partial charge in [0.2, 0.25) is 10.0 Å². The highest BCUT2D eigenvalue weighted by Gasteiger charge is 2.17. The maximum Gasteiger partial charge on any atom is 0.265 e. The molecule has 0 saturated carbocycles. The average Bonchev–Trinajstić information content (AvgIpc) is 2.61. The van der Waals surface area contributed by atoms with Crippen LogP contribution in [0.25, 0.3) is 0 Å². The molecule has 0 saturated heterocycles. The number of aryl methyl sites for hydroxylation is 1. The fourth-order valence-electron chi connectivity index (χ4n) is 2.34. The Balaban J connectivity index is 2.05. The molecule has 0 heterocycles. The highest BCUT2D eigenvalue weighted by molar-refractivity contribution is 7.92. The van der Waals surface area contributed by atoms with Crippen molar-refractivity contribution >= 4 is 27.3 Å². The van der Waals surface area contributed by atoms with E-state index in [9.17, 15) is 13.2 Å². The van der Waals surface area contributed by atoms with Gasteiger partial charge < -0.3 is 14.8 Å². The zero-order chi connectivity index (χ0) is 20.2. The van der Waals surface area contributed by atoms with Crippen LogP contribution in [0.5, 0.6) is 11.5 Å². The second-order valence-corrected chi connectivity index (χ2v) is 8.19. The van der Waals surface area contributed by atoms with Gasteiger partial charge in [0.1, 0.15) is 11.5 Å². The largest absolute Gasteiger partial charge is 0.495 e. The van der Waals surface area contributed by atoms with E-state index in [1.54, 1.807) is 37.3 Å². The average molecular weight is 392 g/mol. The fraction of sp³-hybridized carbons (Fsp3) is 0.316. The Kier molecular flexibility index (Phi) is 6.32. The van der Waals surface area contributed by atoms with Gasteiger partial charge >= 0.3 is 0 Å². The van der Waals surface area contributed by atoms with Crippen LogP contribution in [0.15, 0.2) is 42.5 Å². The molecule has 1 amide bonds. The summed E-state index contributed by atoms with van der Waals surface area (Å²) in [6, 6.07) is 12.0. The maximum atomic E-state index is 12.4. The van der Waals surface area contributed by atoms with Crippen molar-refractivity contribution in [2.45, 2.75) is 20.0 Å². The van der Waals surface area contributed by atoms with Gasteiger partial charge in [-0.3, -0.25) is 9.10 Å². The summed E-state index contributed by atoms with van der Waals surface area (Å²) < 4.78 is 35.2. The van der Waals surface area contributed by atoms with Crippen molar-refractivity contribution in [1.29, 1.82) is 0 Å². The van der Waals surface area contributed by atoms with E-state index in [0.29, 0.717) is 22.9 Å². The normalized spacial score (nSPS) is 12.2. The van der Waals surface area contributed by atoms with Gasteiger partial charge in [0.05, 0.1) is 24.7 Å². The molecule has 0 aliphatic rings. The Morgan fingerprint density at radius 1 is 1.15 bits per heavy atom. The third kappa shape index (κ3) is 5.37. The molecule has 2 rings (SSSR count). The molecule has 0 unspecified atom stereocenters. The Hall–Kier alpha value is -2.74. The number of ether oxygens (including phenoxy) is 2. The number of methoxy groups -OCH3 is 1. The lowest BCUT2D eigenvalue weighted by Crippen LogP contribution is -2.30. The molecule has 146 valence electrons. The summed E-state index contributed by atoms with van der Waals surface area (Å²) in [4.78, 5) is 12.4. The van der Waals surface area contributed by atoms with Gasteiger partial charge in [0, 0.05) is 7.05 Å². The zero-order valence-corrected chi connectivity index (χ0v) is 16.8. The summed E-state index contributed by atoms with van der Waals surface area (Å²) in [5.74, 6) is 0.699. The number of rotatable bonds is 7. The van der Waals surface area contributed by atoms with Crippen LogP contribution in [-0.4, -0.2) is 40.8 Å². The van der Waals surface area contributed by atoms with Crippen molar-refractivity contribution in [2.24, 2.45) is 0 Å². The molecule has 7 nitrogen and oxygen atoms in total. The molecular formula is C19H24N2O5S. The number of nitrogens with zero attached hydrogens (tertiary/aromatic N) is 1. The molecule has 0 aliphatic carbocycles. The molecule has 8 heteroatoms. The molecular weight excluding hydrogens is 368 g/mol. The van der Waals surface area contributed by atoms with Crippen molar-refractivity contribution in [3.8, 4) is 11.5 Å². The number of sulfonamides is 1. The minimum Gasteiger partial charge on any atom is -0.495 e. The fourth-order valence-corrected chi connectivity index (χ4v) is 2.84. The van der Waals surface area contributed by atoms with Gasteiger partial charge in [-0.05, 0) is 55.8 Å². The number of benzene rings is 2. The first-order valence-electron chi connectivity index (χ1n) is 8.28. The van der Waals surface area contributed by atoms with Crippen LogP contribution in [0, 0.1) is 6.92 Å². The molecule has 0 spiro atoms. The Morgan fingerprint density at radius 2 is 1.78 bits per heavy atom. The van der Waals surface area contributed by atoms with E-state index in [4.69, 9.17) is 9.47 Å². The SMILES string of the molecule is COc1ccc(C)cc1NC(=O)[C@H](C)Oc1ccc(N(C)S(C)(=O)=O)cc1. The van der Waals surface area contributed by atoms with Crippen molar-refractivity contribution in [3.05, 3.63) is 48.0 Å². The lowest BCUT2D eigenvalue weighted by molar-refractivity contribution is -0.122. The lowest BCUT2D eigenvalue weighted by Gasteiger charge is -2.19. The third-order valence-corrected chi connectivity index (χ3v) is 5.20. The Labute approximate surface area is 160 Å². The molecule has 0 radical (unpaired) electrons. The lowest BCUT2D eigenvalue weighted by atomic mass is 10.2. The van der Waals surface area contributed by atoms with Gasteiger partial charge in [0.25, 0.3) is 5.91 Å². The van der Waals surface area contributed by atoms with Crippen LogP contribution in [0.2, 0.25) is 0 Å². The molecule has 2 aromatic carbocycles. The van der Waals surface area contributed by atoms with Crippen LogP contribution >= 0.6 is 0 Å². The zero-order valence-electron chi connectivity index (χ0n) is 16.0. The number of amides is 1. The summed E-state index contributed by atoms with van der Waals surface area (Å²) in [5.41, 5.74) is 2.07. The van der Waals surface area contributed by atoms with Crippen molar-refractivity contribution in [3.63, 3.8) is 0 Å². The number of anilines is 2. The quantitative estimate of drug-likeness (QED) is 0.783. The van der Waals surface area contributed by atoms with E-state index < -0.39 is 16.1 Å². The van der Waals surface area contributed by atoms with Crippen LogP contribution in [-0.2, 0) is 14.8 Å². The van der Waals surface area contributed by atoms with E-state index in [2.05, 4.69) is 5.32 Å². The first kappa shape index (κ1) is 20.6. The van der Waals surface area contributed by atoms with Crippen LogP contribution in [0.3, 0.4) is 0 Å². The minimum atomic E-state index is -3.33. The second-order valence-electron chi connectivity index (χ2n) is 6.18. The monoisotopic (exact) mass is 392 g/mol. The molecule has 0 aliphatic heterocycles. The Bertz CT molecular complexity index is 910. The first-order chi connectivity index (χ1) is 12.6. The number of nitrogens with one attached hydrogen (secondary N) is 1. The molecule has 1 atom stereocenters. The van der Waals surface area contributed by atoms with Crippen molar-refractivity contribution in [1.82, 2.24) is 0 Å². The highest BCUT2D eigenvalue weighted by atomic mass is 32.2. The van der Waals surface area contributed by atoms with Gasteiger partial charge in [0.15, 0.2) is 6.10 Å². The molecule has 0 bridgehead atoms.